The minimum Gasteiger partial charge on any atom is -0.326 e. The fourth-order valence-electron chi connectivity index (χ4n) is 2.58. The van der Waals surface area contributed by atoms with E-state index in [0.717, 1.165) is 25.8 Å². The maximum Gasteiger partial charge on any atom is 0.146 e. The van der Waals surface area contributed by atoms with E-state index in [9.17, 15) is 4.39 Å². The summed E-state index contributed by atoms with van der Waals surface area (Å²) in [5.41, 5.74) is 6.79. The van der Waals surface area contributed by atoms with E-state index < -0.39 is 0 Å². The van der Waals surface area contributed by atoms with Crippen molar-refractivity contribution in [1.82, 2.24) is 4.90 Å². The number of likely N-dealkylation sites (N-methyl/N-ethyl adjacent to an activating group) is 1. The quantitative estimate of drug-likeness (QED) is 0.837. The Morgan fingerprint density at radius 1 is 1.41 bits per heavy atom. The third-order valence-corrected chi connectivity index (χ3v) is 3.77. The zero-order valence-electron chi connectivity index (χ0n) is 10.00. The lowest BCUT2D eigenvalue weighted by molar-refractivity contribution is 0.225. The van der Waals surface area contributed by atoms with Gasteiger partial charge < -0.3 is 5.73 Å². The van der Waals surface area contributed by atoms with Gasteiger partial charge in [0, 0.05) is 11.6 Å². The Labute approximate surface area is 107 Å². The molecule has 0 aromatic heterocycles. The summed E-state index contributed by atoms with van der Waals surface area (Å²) in [6.45, 7) is 0.949. The standard InChI is InChI=1S/C13H18ClFN2/c1-17-8-3-2-7-11(16)13(17)9-5-4-6-10(14)12(9)15/h4-6,11,13H,2-3,7-8,16H2,1H3. The molecule has 0 saturated carbocycles. The van der Waals surface area contributed by atoms with E-state index in [0.29, 0.717) is 5.56 Å². The first kappa shape index (κ1) is 12.8. The maximum absolute atomic E-state index is 14.1. The third-order valence-electron chi connectivity index (χ3n) is 3.48. The van der Waals surface area contributed by atoms with Crippen LogP contribution in [0.3, 0.4) is 0 Å². The number of nitrogens with zero attached hydrogens (tertiary/aromatic N) is 1. The smallest absolute Gasteiger partial charge is 0.146 e. The summed E-state index contributed by atoms with van der Waals surface area (Å²) in [6.07, 6.45) is 3.15. The molecule has 4 heteroatoms. The summed E-state index contributed by atoms with van der Waals surface area (Å²) >= 11 is 5.83. The SMILES string of the molecule is CN1CCCCC(N)C1c1cccc(Cl)c1F. The van der Waals surface area contributed by atoms with E-state index in [1.54, 1.807) is 18.2 Å². The van der Waals surface area contributed by atoms with Crippen LogP contribution >= 0.6 is 11.6 Å². The number of nitrogens with two attached hydrogens (primary N) is 1. The normalized spacial score (nSPS) is 26.8. The van der Waals surface area contributed by atoms with Crippen LogP contribution in [0.5, 0.6) is 0 Å². The van der Waals surface area contributed by atoms with Crippen molar-refractivity contribution in [1.29, 1.82) is 0 Å². The van der Waals surface area contributed by atoms with Gasteiger partial charge in [-0.15, -0.1) is 0 Å². The Hall–Kier alpha value is -0.640. The molecule has 0 aliphatic carbocycles. The van der Waals surface area contributed by atoms with Gasteiger partial charge in [0.2, 0.25) is 0 Å². The zero-order valence-corrected chi connectivity index (χ0v) is 10.8. The van der Waals surface area contributed by atoms with Crippen molar-refractivity contribution in [2.45, 2.75) is 31.3 Å². The molecule has 1 saturated heterocycles. The molecular weight excluding hydrogens is 239 g/mol. The molecule has 2 N–H and O–H groups in total. The Kier molecular flexibility index (Phi) is 4.02. The van der Waals surface area contributed by atoms with Crippen molar-refractivity contribution < 1.29 is 4.39 Å². The molecule has 0 bridgehead atoms. The summed E-state index contributed by atoms with van der Waals surface area (Å²) in [5, 5.41) is 0.173. The van der Waals surface area contributed by atoms with Gasteiger partial charge in [-0.3, -0.25) is 4.90 Å². The molecule has 1 aliphatic heterocycles. The second-order valence-corrected chi connectivity index (χ2v) is 5.14. The molecule has 1 aliphatic rings. The highest BCUT2D eigenvalue weighted by Gasteiger charge is 2.28. The minimum atomic E-state index is -0.330. The minimum absolute atomic E-state index is 0.0320. The maximum atomic E-state index is 14.1. The fraction of sp³-hybridized carbons (Fsp3) is 0.538. The topological polar surface area (TPSA) is 29.3 Å². The Balaban J connectivity index is 2.38. The van der Waals surface area contributed by atoms with Crippen LogP contribution in [-0.4, -0.2) is 24.5 Å². The lowest BCUT2D eigenvalue weighted by Crippen LogP contribution is -2.38. The molecule has 1 fully saturated rings. The van der Waals surface area contributed by atoms with Crippen molar-refractivity contribution >= 4 is 11.6 Å². The van der Waals surface area contributed by atoms with E-state index >= 15 is 0 Å². The van der Waals surface area contributed by atoms with Crippen LogP contribution < -0.4 is 5.73 Å². The Morgan fingerprint density at radius 3 is 2.94 bits per heavy atom. The number of rotatable bonds is 1. The molecule has 2 nitrogen and oxygen atoms in total. The Bertz CT molecular complexity index is 385. The first-order valence-electron chi connectivity index (χ1n) is 6.01. The van der Waals surface area contributed by atoms with Crippen molar-refractivity contribution in [3.8, 4) is 0 Å². The van der Waals surface area contributed by atoms with Gasteiger partial charge in [-0.1, -0.05) is 30.2 Å². The van der Waals surface area contributed by atoms with Crippen LogP contribution in [0.25, 0.3) is 0 Å². The number of hydrogen-bond donors (Lipinski definition) is 1. The molecule has 1 heterocycles. The van der Waals surface area contributed by atoms with Crippen LogP contribution in [0.15, 0.2) is 18.2 Å². The van der Waals surface area contributed by atoms with Crippen molar-refractivity contribution in [2.24, 2.45) is 5.73 Å². The van der Waals surface area contributed by atoms with Crippen molar-refractivity contribution in [3.05, 3.63) is 34.6 Å². The molecular formula is C13H18ClFN2. The monoisotopic (exact) mass is 256 g/mol. The zero-order chi connectivity index (χ0) is 12.4. The lowest BCUT2D eigenvalue weighted by atomic mass is 9.96. The van der Waals surface area contributed by atoms with Crippen LogP contribution in [0.1, 0.15) is 30.9 Å². The number of benzene rings is 1. The van der Waals surface area contributed by atoms with Gasteiger partial charge in [0.1, 0.15) is 5.82 Å². The predicted octanol–water partition coefficient (Wildman–Crippen LogP) is 2.96. The van der Waals surface area contributed by atoms with Crippen LogP contribution in [0.4, 0.5) is 4.39 Å². The largest absolute Gasteiger partial charge is 0.326 e. The predicted molar refractivity (Wildman–Crippen MR) is 68.6 cm³/mol. The number of hydrogen-bond acceptors (Lipinski definition) is 2. The van der Waals surface area contributed by atoms with E-state index in [-0.39, 0.29) is 22.9 Å². The van der Waals surface area contributed by atoms with Crippen LogP contribution in [0.2, 0.25) is 5.02 Å². The molecule has 1 aromatic rings. The summed E-state index contributed by atoms with van der Waals surface area (Å²) in [7, 11) is 2.00. The average Bonchev–Trinajstić information content (AvgIpc) is 2.45. The molecule has 2 atom stereocenters. The first-order chi connectivity index (χ1) is 8.11. The third kappa shape index (κ3) is 2.62. The highest BCUT2D eigenvalue weighted by molar-refractivity contribution is 6.30. The van der Waals surface area contributed by atoms with Gasteiger partial charge in [0.05, 0.1) is 11.1 Å². The summed E-state index contributed by atoms with van der Waals surface area (Å²) in [5.74, 6) is -0.330. The molecule has 94 valence electrons. The summed E-state index contributed by atoms with van der Waals surface area (Å²) in [4.78, 5) is 2.13. The lowest BCUT2D eigenvalue weighted by Gasteiger charge is -2.30. The van der Waals surface area contributed by atoms with E-state index in [1.165, 1.54) is 0 Å². The Morgan fingerprint density at radius 2 is 2.18 bits per heavy atom. The van der Waals surface area contributed by atoms with Crippen LogP contribution in [-0.2, 0) is 0 Å². The van der Waals surface area contributed by atoms with E-state index in [1.807, 2.05) is 7.05 Å². The summed E-state index contributed by atoms with van der Waals surface area (Å²) < 4.78 is 14.1. The molecule has 0 amide bonds. The van der Waals surface area contributed by atoms with Gasteiger partial charge in [0.25, 0.3) is 0 Å². The molecule has 0 spiro atoms. The highest BCUT2D eigenvalue weighted by atomic mass is 35.5. The van der Waals surface area contributed by atoms with Gasteiger partial charge >= 0.3 is 0 Å². The van der Waals surface area contributed by atoms with E-state index in [4.69, 9.17) is 17.3 Å². The van der Waals surface area contributed by atoms with Crippen LogP contribution in [0, 0.1) is 5.82 Å². The second-order valence-electron chi connectivity index (χ2n) is 4.73. The molecule has 2 unspecified atom stereocenters. The first-order valence-corrected chi connectivity index (χ1v) is 6.39. The van der Waals surface area contributed by atoms with Gasteiger partial charge in [-0.2, -0.15) is 0 Å². The van der Waals surface area contributed by atoms with Crippen molar-refractivity contribution in [2.75, 3.05) is 13.6 Å². The fourth-order valence-corrected chi connectivity index (χ4v) is 2.76. The molecule has 17 heavy (non-hydrogen) atoms. The second kappa shape index (κ2) is 5.34. The average molecular weight is 257 g/mol. The van der Waals surface area contributed by atoms with Gasteiger partial charge in [0.15, 0.2) is 0 Å². The number of halogens is 2. The van der Waals surface area contributed by atoms with Gasteiger partial charge in [-0.05, 0) is 32.5 Å². The summed E-state index contributed by atoms with van der Waals surface area (Å²) in [6, 6.07) is 5.04. The molecule has 0 radical (unpaired) electrons. The number of likely N-dealkylation sites (tertiary alicyclic amines) is 1. The van der Waals surface area contributed by atoms with Crippen molar-refractivity contribution in [3.63, 3.8) is 0 Å². The molecule has 1 aromatic carbocycles. The highest BCUT2D eigenvalue weighted by Crippen LogP contribution is 2.32. The van der Waals surface area contributed by atoms with Gasteiger partial charge in [-0.25, -0.2) is 4.39 Å². The molecule has 2 rings (SSSR count). The van der Waals surface area contributed by atoms with E-state index in [2.05, 4.69) is 4.90 Å².